The maximum atomic E-state index is 8.87. The van der Waals surface area contributed by atoms with Gasteiger partial charge in [-0.05, 0) is 13.3 Å². The van der Waals surface area contributed by atoms with E-state index in [4.69, 9.17) is 15.8 Å². The molecule has 0 amide bonds. The van der Waals surface area contributed by atoms with Crippen LogP contribution in [-0.2, 0) is 0 Å². The van der Waals surface area contributed by atoms with Crippen molar-refractivity contribution in [1.29, 1.82) is 15.8 Å². The first kappa shape index (κ1) is 10.8. The molecule has 0 radical (unpaired) electrons. The van der Waals surface area contributed by atoms with Gasteiger partial charge in [0.15, 0.2) is 0 Å². The molecule has 0 heterocycles. The Bertz CT molecular complexity index is 511. The van der Waals surface area contributed by atoms with Gasteiger partial charge in [0.05, 0.1) is 18.2 Å². The molecule has 3 nitrogen and oxygen atoms in total. The number of nitriles is 3. The van der Waals surface area contributed by atoms with E-state index in [1.165, 1.54) is 6.08 Å². The normalized spacial score (nSPS) is 22.5. The van der Waals surface area contributed by atoms with E-state index in [-0.39, 0.29) is 0 Å². The van der Waals surface area contributed by atoms with Crippen LogP contribution in [0.2, 0.25) is 0 Å². The van der Waals surface area contributed by atoms with Crippen LogP contribution < -0.4 is 0 Å². The third kappa shape index (κ3) is 1.80. The summed E-state index contributed by atoms with van der Waals surface area (Å²) in [7, 11) is 0. The summed E-state index contributed by atoms with van der Waals surface area (Å²) in [5, 5.41) is 26.2. The van der Waals surface area contributed by atoms with Gasteiger partial charge in [-0.15, -0.1) is 0 Å². The molecule has 1 rings (SSSR count). The fourth-order valence-corrected chi connectivity index (χ4v) is 1.48. The minimum Gasteiger partial charge on any atom is -0.193 e. The molecule has 0 aliphatic heterocycles. The van der Waals surface area contributed by atoms with Crippen molar-refractivity contribution in [2.75, 3.05) is 0 Å². The molecule has 72 valence electrons. The number of hydrogen-bond donors (Lipinski definition) is 0. The van der Waals surface area contributed by atoms with Crippen molar-refractivity contribution in [3.05, 3.63) is 33.9 Å². The highest BCUT2D eigenvalue weighted by Gasteiger charge is 2.35. The standard InChI is InChI=1S/C12H9N3/c1-3-9(7-15)12-10(4-5-13)11(12)8(2)6-14/h4H,3H2,1-2H3. The molecule has 0 aromatic rings. The van der Waals surface area contributed by atoms with E-state index >= 15 is 0 Å². The van der Waals surface area contributed by atoms with Crippen LogP contribution >= 0.6 is 0 Å². The highest BCUT2D eigenvalue weighted by atomic mass is 14.4. The average molecular weight is 195 g/mol. The summed E-state index contributed by atoms with van der Waals surface area (Å²) in [5.74, 6) is 0. The number of allylic oxidation sites excluding steroid dienone is 6. The lowest BCUT2D eigenvalue weighted by Crippen LogP contribution is -1.73. The van der Waals surface area contributed by atoms with Gasteiger partial charge in [0.2, 0.25) is 0 Å². The van der Waals surface area contributed by atoms with Gasteiger partial charge in [0, 0.05) is 33.9 Å². The summed E-state index contributed by atoms with van der Waals surface area (Å²) in [6.07, 6.45) is 2.01. The Balaban J connectivity index is 3.36. The predicted molar refractivity (Wildman–Crippen MR) is 54.9 cm³/mol. The molecule has 0 spiro atoms. The summed E-state index contributed by atoms with van der Waals surface area (Å²) in [6, 6.07) is 6.05. The number of rotatable bonds is 1. The SMILES string of the molecule is CCC(C#N)=C1C(=CC#N)C1=C(C)C#N. The average Bonchev–Trinajstić information content (AvgIpc) is 2.94. The molecule has 1 saturated carbocycles. The van der Waals surface area contributed by atoms with Crippen LogP contribution in [0.5, 0.6) is 0 Å². The van der Waals surface area contributed by atoms with Crippen molar-refractivity contribution in [1.82, 2.24) is 0 Å². The van der Waals surface area contributed by atoms with Gasteiger partial charge in [0.25, 0.3) is 0 Å². The summed E-state index contributed by atoms with van der Waals surface area (Å²) in [5.41, 5.74) is 3.52. The lowest BCUT2D eigenvalue weighted by Gasteiger charge is -1.84. The zero-order valence-electron chi connectivity index (χ0n) is 8.63. The molecule has 0 atom stereocenters. The number of hydrogen-bond acceptors (Lipinski definition) is 3. The van der Waals surface area contributed by atoms with Crippen molar-refractivity contribution in [3.63, 3.8) is 0 Å². The summed E-state index contributed by atoms with van der Waals surface area (Å²) < 4.78 is 0. The predicted octanol–water partition coefficient (Wildman–Crippen LogP) is 2.52. The van der Waals surface area contributed by atoms with Crippen LogP contribution in [0.25, 0.3) is 0 Å². The molecule has 0 aromatic carbocycles. The monoisotopic (exact) mass is 195 g/mol. The first-order valence-electron chi connectivity index (χ1n) is 4.56. The van der Waals surface area contributed by atoms with E-state index in [0.29, 0.717) is 17.6 Å². The quantitative estimate of drug-likeness (QED) is 0.603. The first-order valence-corrected chi connectivity index (χ1v) is 4.56. The van der Waals surface area contributed by atoms with E-state index in [1.807, 2.05) is 19.1 Å². The third-order valence-electron chi connectivity index (χ3n) is 2.27. The molecule has 0 saturated heterocycles. The van der Waals surface area contributed by atoms with Crippen LogP contribution in [-0.4, -0.2) is 0 Å². The Morgan fingerprint density at radius 2 is 1.87 bits per heavy atom. The van der Waals surface area contributed by atoms with Crippen LogP contribution in [0.15, 0.2) is 33.9 Å². The fraction of sp³-hybridized carbons (Fsp3) is 0.250. The van der Waals surface area contributed by atoms with E-state index < -0.39 is 0 Å². The summed E-state index contributed by atoms with van der Waals surface area (Å²) >= 11 is 0. The smallest absolute Gasteiger partial charge is 0.0953 e. The van der Waals surface area contributed by atoms with Crippen molar-refractivity contribution in [3.8, 4) is 18.2 Å². The zero-order chi connectivity index (χ0) is 11.4. The second kappa shape index (κ2) is 4.27. The van der Waals surface area contributed by atoms with E-state index in [0.717, 1.165) is 16.7 Å². The molecule has 1 fully saturated rings. The van der Waals surface area contributed by atoms with Gasteiger partial charge in [0.1, 0.15) is 0 Å². The highest BCUT2D eigenvalue weighted by molar-refractivity contribution is 5.84. The van der Waals surface area contributed by atoms with Gasteiger partial charge in [-0.25, -0.2) is 0 Å². The minimum atomic E-state index is 0.563. The van der Waals surface area contributed by atoms with Gasteiger partial charge in [-0.3, -0.25) is 0 Å². The Labute approximate surface area is 88.9 Å². The fourth-order valence-electron chi connectivity index (χ4n) is 1.48. The van der Waals surface area contributed by atoms with Crippen molar-refractivity contribution >= 4 is 0 Å². The summed E-state index contributed by atoms with van der Waals surface area (Å²) in [4.78, 5) is 0. The summed E-state index contributed by atoms with van der Waals surface area (Å²) in [6.45, 7) is 3.57. The molecule has 0 unspecified atom stereocenters. The van der Waals surface area contributed by atoms with E-state index in [1.54, 1.807) is 6.92 Å². The first-order chi connectivity index (χ1) is 7.21. The van der Waals surface area contributed by atoms with Gasteiger partial charge in [-0.2, -0.15) is 15.8 Å². The molecule has 0 N–H and O–H groups in total. The third-order valence-corrected chi connectivity index (χ3v) is 2.27. The van der Waals surface area contributed by atoms with Crippen molar-refractivity contribution < 1.29 is 0 Å². The molecular weight excluding hydrogens is 186 g/mol. The van der Waals surface area contributed by atoms with Crippen LogP contribution in [0, 0.1) is 34.0 Å². The van der Waals surface area contributed by atoms with Crippen LogP contribution in [0.4, 0.5) is 0 Å². The largest absolute Gasteiger partial charge is 0.193 e. The van der Waals surface area contributed by atoms with Crippen molar-refractivity contribution in [2.24, 2.45) is 0 Å². The lowest BCUT2D eigenvalue weighted by atomic mass is 10.2. The molecule has 0 bridgehead atoms. The Kier molecular flexibility index (Phi) is 3.06. The molecule has 15 heavy (non-hydrogen) atoms. The zero-order valence-corrected chi connectivity index (χ0v) is 8.63. The lowest BCUT2D eigenvalue weighted by molar-refractivity contribution is 1.15. The molecule has 1 aliphatic rings. The number of nitrogens with zero attached hydrogens (tertiary/aromatic N) is 3. The van der Waals surface area contributed by atoms with E-state index in [2.05, 4.69) is 6.07 Å². The Morgan fingerprint density at radius 1 is 1.20 bits per heavy atom. The molecule has 1 aliphatic carbocycles. The minimum absolute atomic E-state index is 0.563. The van der Waals surface area contributed by atoms with Crippen LogP contribution in [0.1, 0.15) is 20.3 Å². The molecule has 3 heteroatoms. The van der Waals surface area contributed by atoms with Crippen LogP contribution in [0.3, 0.4) is 0 Å². The highest BCUT2D eigenvalue weighted by Crippen LogP contribution is 2.48. The topological polar surface area (TPSA) is 71.4 Å². The maximum Gasteiger partial charge on any atom is 0.0953 e. The van der Waals surface area contributed by atoms with Gasteiger partial charge >= 0.3 is 0 Å². The van der Waals surface area contributed by atoms with Gasteiger partial charge < -0.3 is 0 Å². The van der Waals surface area contributed by atoms with Crippen molar-refractivity contribution in [2.45, 2.75) is 20.3 Å². The molecule has 0 aromatic heterocycles. The second-order valence-electron chi connectivity index (χ2n) is 3.12. The van der Waals surface area contributed by atoms with E-state index in [9.17, 15) is 0 Å². The van der Waals surface area contributed by atoms with Gasteiger partial charge in [-0.1, -0.05) is 6.92 Å². The second-order valence-corrected chi connectivity index (χ2v) is 3.12. The Morgan fingerprint density at radius 3 is 2.27 bits per heavy atom. The maximum absolute atomic E-state index is 8.87. The Hall–Kier alpha value is -2.31. The molecular formula is C12H9N3.